The number of hydrogen-bond donors (Lipinski definition) is 2. The second-order valence-corrected chi connectivity index (χ2v) is 6.70. The van der Waals surface area contributed by atoms with Crippen molar-refractivity contribution in [3.63, 3.8) is 0 Å². The number of nitrogens with zero attached hydrogens (tertiary/aromatic N) is 3. The Hall–Kier alpha value is -2.51. The van der Waals surface area contributed by atoms with Crippen LogP contribution >= 0.6 is 0 Å². The van der Waals surface area contributed by atoms with Crippen molar-refractivity contribution in [2.45, 2.75) is 0 Å². The Labute approximate surface area is 145 Å². The van der Waals surface area contributed by atoms with Crippen LogP contribution in [0.15, 0.2) is 42.7 Å². The van der Waals surface area contributed by atoms with Gasteiger partial charge in [0, 0.05) is 42.5 Å². The molecule has 2 aliphatic rings. The summed E-state index contributed by atoms with van der Waals surface area (Å²) in [5.74, 6) is 0.538. The molecular weight excluding hydrogens is 320 g/mol. The fraction of sp³-hybridized carbons (Fsp3) is 0.389. The SMILES string of the molecule is O=C(c1cnc(Nc2ccccc2)nc1)N1C[C@H]2COC[C@@]2(CO)C1. The van der Waals surface area contributed by atoms with Crippen LogP contribution in [0, 0.1) is 11.3 Å². The highest BCUT2D eigenvalue weighted by Gasteiger charge is 2.51. The molecule has 7 nitrogen and oxygen atoms in total. The fourth-order valence-corrected chi connectivity index (χ4v) is 3.55. The summed E-state index contributed by atoms with van der Waals surface area (Å²) in [6, 6.07) is 9.61. The van der Waals surface area contributed by atoms with Crippen LogP contribution in [0.2, 0.25) is 0 Å². The first-order valence-corrected chi connectivity index (χ1v) is 8.32. The van der Waals surface area contributed by atoms with Crippen molar-refractivity contribution in [2.75, 3.05) is 38.2 Å². The molecule has 1 aromatic heterocycles. The van der Waals surface area contributed by atoms with Crippen molar-refractivity contribution in [3.8, 4) is 0 Å². The minimum absolute atomic E-state index is 0.0396. The van der Waals surface area contributed by atoms with Gasteiger partial charge < -0.3 is 20.1 Å². The molecule has 2 fully saturated rings. The van der Waals surface area contributed by atoms with Gasteiger partial charge in [-0.3, -0.25) is 4.79 Å². The Morgan fingerprint density at radius 2 is 2.08 bits per heavy atom. The highest BCUT2D eigenvalue weighted by Crippen LogP contribution is 2.41. The number of benzene rings is 1. The third kappa shape index (κ3) is 2.96. The number of aromatic nitrogens is 2. The predicted molar refractivity (Wildman–Crippen MR) is 91.5 cm³/mol. The lowest BCUT2D eigenvalue weighted by atomic mass is 9.82. The Morgan fingerprint density at radius 3 is 2.76 bits per heavy atom. The van der Waals surface area contributed by atoms with Crippen molar-refractivity contribution in [1.82, 2.24) is 14.9 Å². The van der Waals surface area contributed by atoms with E-state index in [-0.39, 0.29) is 23.8 Å². The number of fused-ring (bicyclic) bond motifs is 1. The Balaban J connectivity index is 1.45. The molecule has 25 heavy (non-hydrogen) atoms. The molecular formula is C18H20N4O3. The highest BCUT2D eigenvalue weighted by molar-refractivity contribution is 5.94. The van der Waals surface area contributed by atoms with E-state index >= 15 is 0 Å². The average Bonchev–Trinajstić information content (AvgIpc) is 3.20. The summed E-state index contributed by atoms with van der Waals surface area (Å²) in [4.78, 5) is 22.9. The summed E-state index contributed by atoms with van der Waals surface area (Å²) in [6.07, 6.45) is 3.08. The molecule has 0 unspecified atom stereocenters. The summed E-state index contributed by atoms with van der Waals surface area (Å²) in [6.45, 7) is 2.26. The van der Waals surface area contributed by atoms with E-state index in [1.807, 2.05) is 30.3 Å². The van der Waals surface area contributed by atoms with E-state index in [1.165, 1.54) is 12.4 Å². The molecule has 2 saturated heterocycles. The van der Waals surface area contributed by atoms with Gasteiger partial charge in [-0.2, -0.15) is 0 Å². The Morgan fingerprint density at radius 1 is 1.32 bits per heavy atom. The number of anilines is 2. The van der Waals surface area contributed by atoms with Crippen molar-refractivity contribution in [3.05, 3.63) is 48.3 Å². The number of carbonyl (C=O) groups excluding carboxylic acids is 1. The highest BCUT2D eigenvalue weighted by atomic mass is 16.5. The molecule has 0 saturated carbocycles. The molecule has 0 spiro atoms. The standard InChI is InChI=1S/C18H20N4O3/c23-11-18-10-22(8-14(18)9-25-12-18)16(24)13-6-19-17(20-7-13)21-15-4-2-1-3-5-15/h1-7,14,23H,8-12H2,(H,19,20,21)/t14-,18-/m0/s1. The number of likely N-dealkylation sites (tertiary alicyclic amines) is 1. The lowest BCUT2D eigenvalue weighted by molar-refractivity contribution is 0.0630. The zero-order chi connectivity index (χ0) is 17.3. The van der Waals surface area contributed by atoms with Crippen LogP contribution in [0.3, 0.4) is 0 Å². The zero-order valence-electron chi connectivity index (χ0n) is 13.8. The molecule has 2 atom stereocenters. The number of hydrogen-bond acceptors (Lipinski definition) is 6. The number of nitrogens with one attached hydrogen (secondary N) is 1. The third-order valence-electron chi connectivity index (χ3n) is 5.05. The van der Waals surface area contributed by atoms with Gasteiger partial charge in [0.15, 0.2) is 0 Å². The van der Waals surface area contributed by atoms with E-state index < -0.39 is 0 Å². The number of aliphatic hydroxyl groups is 1. The van der Waals surface area contributed by atoms with Crippen molar-refractivity contribution in [1.29, 1.82) is 0 Å². The molecule has 2 aromatic rings. The largest absolute Gasteiger partial charge is 0.396 e. The second kappa shape index (κ2) is 6.42. The van der Waals surface area contributed by atoms with E-state index in [1.54, 1.807) is 4.90 Å². The molecule has 1 aromatic carbocycles. The van der Waals surface area contributed by atoms with Crippen molar-refractivity contribution >= 4 is 17.5 Å². The zero-order valence-corrected chi connectivity index (χ0v) is 13.8. The van der Waals surface area contributed by atoms with Crippen LogP contribution in [-0.2, 0) is 4.74 Å². The Bertz CT molecular complexity index is 753. The van der Waals surface area contributed by atoms with Crippen LogP contribution < -0.4 is 5.32 Å². The smallest absolute Gasteiger partial charge is 0.257 e. The number of para-hydroxylation sites is 1. The van der Waals surface area contributed by atoms with E-state index in [4.69, 9.17) is 4.74 Å². The van der Waals surface area contributed by atoms with Gasteiger partial charge in [-0.15, -0.1) is 0 Å². The molecule has 0 radical (unpaired) electrons. The van der Waals surface area contributed by atoms with Gasteiger partial charge >= 0.3 is 0 Å². The van der Waals surface area contributed by atoms with Crippen LogP contribution in [0.4, 0.5) is 11.6 Å². The maximum Gasteiger partial charge on any atom is 0.257 e. The first-order chi connectivity index (χ1) is 12.2. The summed E-state index contributed by atoms with van der Waals surface area (Å²) < 4.78 is 5.48. The first kappa shape index (κ1) is 16.0. The van der Waals surface area contributed by atoms with Gasteiger partial charge in [-0.1, -0.05) is 18.2 Å². The molecule has 0 aliphatic carbocycles. The van der Waals surface area contributed by atoms with E-state index in [0.717, 1.165) is 5.69 Å². The summed E-state index contributed by atoms with van der Waals surface area (Å²) in [5, 5.41) is 12.8. The van der Waals surface area contributed by atoms with Crippen molar-refractivity contribution in [2.24, 2.45) is 11.3 Å². The average molecular weight is 340 g/mol. The monoisotopic (exact) mass is 340 g/mol. The molecule has 0 bridgehead atoms. The van der Waals surface area contributed by atoms with Crippen LogP contribution in [0.5, 0.6) is 0 Å². The minimum atomic E-state index is -0.314. The Kier molecular flexibility index (Phi) is 4.10. The van der Waals surface area contributed by atoms with E-state index in [2.05, 4.69) is 15.3 Å². The minimum Gasteiger partial charge on any atom is -0.396 e. The summed E-state index contributed by atoms with van der Waals surface area (Å²) in [5.41, 5.74) is 1.03. The quantitative estimate of drug-likeness (QED) is 0.872. The molecule has 2 N–H and O–H groups in total. The summed E-state index contributed by atoms with van der Waals surface area (Å²) in [7, 11) is 0. The fourth-order valence-electron chi connectivity index (χ4n) is 3.55. The first-order valence-electron chi connectivity index (χ1n) is 8.32. The van der Waals surface area contributed by atoms with Crippen molar-refractivity contribution < 1.29 is 14.6 Å². The lowest BCUT2D eigenvalue weighted by Crippen LogP contribution is -2.36. The molecule has 3 heterocycles. The van der Waals surface area contributed by atoms with Crippen LogP contribution in [0.25, 0.3) is 0 Å². The van der Waals surface area contributed by atoms with Gasteiger partial charge in [-0.05, 0) is 12.1 Å². The second-order valence-electron chi connectivity index (χ2n) is 6.70. The maximum atomic E-state index is 12.7. The molecule has 2 aliphatic heterocycles. The van der Waals surface area contributed by atoms with Crippen LogP contribution in [0.1, 0.15) is 10.4 Å². The molecule has 1 amide bonds. The van der Waals surface area contributed by atoms with E-state index in [9.17, 15) is 9.90 Å². The summed E-state index contributed by atoms with van der Waals surface area (Å²) >= 11 is 0. The number of carbonyl (C=O) groups is 1. The number of rotatable bonds is 4. The number of aliphatic hydroxyl groups excluding tert-OH is 1. The third-order valence-corrected chi connectivity index (χ3v) is 5.05. The van der Waals surface area contributed by atoms with Gasteiger partial charge in [0.1, 0.15) is 0 Å². The normalized spacial score (nSPS) is 25.0. The van der Waals surface area contributed by atoms with Crippen LogP contribution in [-0.4, -0.2) is 58.8 Å². The molecule has 7 heteroatoms. The van der Waals surface area contributed by atoms with Gasteiger partial charge in [0.25, 0.3) is 5.91 Å². The predicted octanol–water partition coefficient (Wildman–Crippen LogP) is 1.30. The molecule has 4 rings (SSSR count). The van der Waals surface area contributed by atoms with E-state index in [0.29, 0.717) is 37.8 Å². The van der Waals surface area contributed by atoms with Gasteiger partial charge in [-0.25, -0.2) is 9.97 Å². The topological polar surface area (TPSA) is 87.6 Å². The molecule has 130 valence electrons. The lowest BCUT2D eigenvalue weighted by Gasteiger charge is -2.24. The maximum absolute atomic E-state index is 12.7. The number of amides is 1. The van der Waals surface area contributed by atoms with Gasteiger partial charge in [0.05, 0.1) is 25.4 Å². The number of ether oxygens (including phenoxy) is 1. The van der Waals surface area contributed by atoms with Gasteiger partial charge in [0.2, 0.25) is 5.95 Å².